The topological polar surface area (TPSA) is 38.7 Å². The number of benzene rings is 1. The molecular weight excluding hydrogens is 264 g/mol. The third kappa shape index (κ3) is 5.27. The molecule has 0 amide bonds. The number of aliphatic hydroxyl groups excluding tert-OH is 1. The van der Waals surface area contributed by atoms with E-state index in [1.807, 2.05) is 0 Å². The van der Waals surface area contributed by atoms with Crippen LogP contribution in [0.4, 0.5) is 0 Å². The lowest BCUT2D eigenvalue weighted by molar-refractivity contribution is 0.0360. The summed E-state index contributed by atoms with van der Waals surface area (Å²) in [5.41, 5.74) is 5.58. The molecular formula is C18H26O3. The molecule has 116 valence electrons. The Labute approximate surface area is 127 Å². The zero-order valence-corrected chi connectivity index (χ0v) is 12.9. The van der Waals surface area contributed by atoms with Crippen molar-refractivity contribution in [3.63, 3.8) is 0 Å². The lowest BCUT2D eigenvalue weighted by Crippen LogP contribution is -2.06. The van der Waals surface area contributed by atoms with E-state index in [1.54, 1.807) is 5.57 Å². The highest BCUT2D eigenvalue weighted by molar-refractivity contribution is 5.68. The van der Waals surface area contributed by atoms with Crippen LogP contribution >= 0.6 is 0 Å². The molecule has 0 atom stereocenters. The minimum absolute atomic E-state index is 0.183. The summed E-state index contributed by atoms with van der Waals surface area (Å²) < 4.78 is 11.0. The predicted octanol–water partition coefficient (Wildman–Crippen LogP) is 3.56. The van der Waals surface area contributed by atoms with Gasteiger partial charge in [-0.2, -0.15) is 0 Å². The van der Waals surface area contributed by atoms with E-state index in [9.17, 15) is 0 Å². The van der Waals surface area contributed by atoms with Crippen LogP contribution in [0.25, 0.3) is 5.57 Å². The Morgan fingerprint density at radius 1 is 1.14 bits per heavy atom. The van der Waals surface area contributed by atoms with E-state index < -0.39 is 0 Å². The molecule has 0 aliphatic heterocycles. The molecule has 3 nitrogen and oxygen atoms in total. The fraction of sp³-hybridized carbons (Fsp3) is 0.556. The molecule has 1 aromatic carbocycles. The maximum absolute atomic E-state index is 8.63. The predicted molar refractivity (Wildman–Crippen MR) is 85.1 cm³/mol. The van der Waals surface area contributed by atoms with Crippen molar-refractivity contribution in [3.05, 3.63) is 41.0 Å². The number of hydrogen-bond acceptors (Lipinski definition) is 3. The number of allylic oxidation sites excluding steroid dienone is 2. The molecule has 0 radical (unpaired) electrons. The van der Waals surface area contributed by atoms with E-state index in [0.29, 0.717) is 32.8 Å². The Balaban J connectivity index is 1.74. The van der Waals surface area contributed by atoms with Gasteiger partial charge in [0.2, 0.25) is 0 Å². The van der Waals surface area contributed by atoms with Gasteiger partial charge in [-0.05, 0) is 55.4 Å². The lowest BCUT2D eigenvalue weighted by atomic mass is 9.86. The molecule has 0 spiro atoms. The molecule has 0 aromatic heterocycles. The second-order valence-corrected chi connectivity index (χ2v) is 5.52. The largest absolute Gasteiger partial charge is 0.396 e. The van der Waals surface area contributed by atoms with Gasteiger partial charge in [0.25, 0.3) is 0 Å². The number of aliphatic hydroxyl groups is 1. The molecule has 0 heterocycles. The Morgan fingerprint density at radius 3 is 2.67 bits per heavy atom. The molecule has 1 N–H and O–H groups in total. The average Bonchev–Trinajstić information content (AvgIpc) is 2.45. The molecule has 3 heteroatoms. The van der Waals surface area contributed by atoms with Crippen LogP contribution in [0.1, 0.15) is 43.7 Å². The van der Waals surface area contributed by atoms with E-state index in [1.165, 1.54) is 36.0 Å². The molecule has 0 bridgehead atoms. The highest BCUT2D eigenvalue weighted by Crippen LogP contribution is 2.33. The van der Waals surface area contributed by atoms with E-state index in [0.717, 1.165) is 0 Å². The Morgan fingerprint density at radius 2 is 1.95 bits per heavy atom. The minimum Gasteiger partial charge on any atom is -0.396 e. The quantitative estimate of drug-likeness (QED) is 0.707. The van der Waals surface area contributed by atoms with Gasteiger partial charge in [-0.15, -0.1) is 0 Å². The van der Waals surface area contributed by atoms with Crippen LogP contribution < -0.4 is 0 Å². The first-order valence-electron chi connectivity index (χ1n) is 7.85. The van der Waals surface area contributed by atoms with Crippen LogP contribution in [-0.2, 0) is 16.1 Å². The van der Waals surface area contributed by atoms with Crippen molar-refractivity contribution in [1.29, 1.82) is 0 Å². The van der Waals surface area contributed by atoms with Crippen molar-refractivity contribution >= 4 is 5.57 Å². The SMILES string of the molecule is CC(=C1CCC1)c1cccc(COCCOCCCO)c1. The number of hydrogen-bond donors (Lipinski definition) is 1. The molecule has 0 saturated heterocycles. The van der Waals surface area contributed by atoms with Gasteiger partial charge in [0.1, 0.15) is 0 Å². The molecule has 1 aliphatic carbocycles. The van der Waals surface area contributed by atoms with Crippen LogP contribution in [0.3, 0.4) is 0 Å². The Kier molecular flexibility index (Phi) is 6.93. The highest BCUT2D eigenvalue weighted by Gasteiger charge is 2.12. The van der Waals surface area contributed by atoms with Crippen molar-refractivity contribution in [2.24, 2.45) is 0 Å². The van der Waals surface area contributed by atoms with E-state index in [-0.39, 0.29) is 6.61 Å². The summed E-state index contributed by atoms with van der Waals surface area (Å²) in [6.45, 7) is 4.81. The van der Waals surface area contributed by atoms with Gasteiger partial charge < -0.3 is 14.6 Å². The third-order valence-corrected chi connectivity index (χ3v) is 3.93. The van der Waals surface area contributed by atoms with Gasteiger partial charge in [0.15, 0.2) is 0 Å². The van der Waals surface area contributed by atoms with Crippen LogP contribution in [0.15, 0.2) is 29.8 Å². The van der Waals surface area contributed by atoms with Crippen molar-refractivity contribution < 1.29 is 14.6 Å². The van der Waals surface area contributed by atoms with E-state index >= 15 is 0 Å². The first-order valence-corrected chi connectivity index (χ1v) is 7.85. The Hall–Kier alpha value is -1.16. The standard InChI is InChI=1S/C18H26O3/c1-15(17-6-3-7-17)18-8-2-5-16(13-18)14-21-12-11-20-10-4-9-19/h2,5,8,13,19H,3-4,6-7,9-12,14H2,1H3. The van der Waals surface area contributed by atoms with Crippen LogP contribution in [0.5, 0.6) is 0 Å². The lowest BCUT2D eigenvalue weighted by Gasteiger charge is -2.20. The van der Waals surface area contributed by atoms with E-state index in [2.05, 4.69) is 31.2 Å². The van der Waals surface area contributed by atoms with Gasteiger partial charge in [-0.25, -0.2) is 0 Å². The highest BCUT2D eigenvalue weighted by atomic mass is 16.5. The molecule has 21 heavy (non-hydrogen) atoms. The zero-order chi connectivity index (χ0) is 14.9. The summed E-state index contributed by atoms with van der Waals surface area (Å²) in [6, 6.07) is 8.62. The fourth-order valence-electron chi connectivity index (χ4n) is 2.40. The van der Waals surface area contributed by atoms with Crippen molar-refractivity contribution in [3.8, 4) is 0 Å². The van der Waals surface area contributed by atoms with Gasteiger partial charge in [-0.3, -0.25) is 0 Å². The van der Waals surface area contributed by atoms with Crippen LogP contribution in [0, 0.1) is 0 Å². The normalized spacial score (nSPS) is 14.1. The molecule has 1 fully saturated rings. The maximum atomic E-state index is 8.63. The van der Waals surface area contributed by atoms with Crippen LogP contribution in [-0.4, -0.2) is 31.5 Å². The van der Waals surface area contributed by atoms with Crippen LogP contribution in [0.2, 0.25) is 0 Å². The molecule has 1 aliphatic rings. The van der Waals surface area contributed by atoms with Gasteiger partial charge >= 0.3 is 0 Å². The monoisotopic (exact) mass is 290 g/mol. The van der Waals surface area contributed by atoms with Gasteiger partial charge in [0.05, 0.1) is 19.8 Å². The summed E-state index contributed by atoms with van der Waals surface area (Å²) in [5.74, 6) is 0. The first kappa shape index (κ1) is 16.2. The molecule has 2 rings (SSSR count). The number of ether oxygens (including phenoxy) is 2. The van der Waals surface area contributed by atoms with Crippen molar-refractivity contribution in [2.45, 2.75) is 39.2 Å². The van der Waals surface area contributed by atoms with Gasteiger partial charge in [-0.1, -0.05) is 23.8 Å². The summed E-state index contributed by atoms with van der Waals surface area (Å²) in [5, 5.41) is 8.63. The summed E-state index contributed by atoms with van der Waals surface area (Å²) in [7, 11) is 0. The number of rotatable bonds is 9. The summed E-state index contributed by atoms with van der Waals surface area (Å²) in [4.78, 5) is 0. The summed E-state index contributed by atoms with van der Waals surface area (Å²) >= 11 is 0. The second-order valence-electron chi connectivity index (χ2n) is 5.52. The maximum Gasteiger partial charge on any atom is 0.0718 e. The first-order chi connectivity index (χ1) is 10.3. The molecule has 1 aromatic rings. The van der Waals surface area contributed by atoms with Gasteiger partial charge in [0, 0.05) is 13.2 Å². The summed E-state index contributed by atoms with van der Waals surface area (Å²) in [6.07, 6.45) is 4.55. The second kappa shape index (κ2) is 8.98. The minimum atomic E-state index is 0.183. The third-order valence-electron chi connectivity index (χ3n) is 3.93. The molecule has 0 unspecified atom stereocenters. The zero-order valence-electron chi connectivity index (χ0n) is 12.9. The Bertz CT molecular complexity index is 459. The molecule has 1 saturated carbocycles. The fourth-order valence-corrected chi connectivity index (χ4v) is 2.40. The smallest absolute Gasteiger partial charge is 0.0718 e. The average molecular weight is 290 g/mol. The van der Waals surface area contributed by atoms with E-state index in [4.69, 9.17) is 14.6 Å². The van der Waals surface area contributed by atoms with Crippen molar-refractivity contribution in [2.75, 3.05) is 26.4 Å². The van der Waals surface area contributed by atoms with Crippen molar-refractivity contribution in [1.82, 2.24) is 0 Å².